The van der Waals surface area contributed by atoms with E-state index in [2.05, 4.69) is 26.3 Å². The van der Waals surface area contributed by atoms with Gasteiger partial charge in [-0.3, -0.25) is 0 Å². The van der Waals surface area contributed by atoms with Crippen molar-refractivity contribution in [1.29, 1.82) is 5.26 Å². The summed E-state index contributed by atoms with van der Waals surface area (Å²) >= 11 is 1.39. The Hall–Kier alpha value is -3.03. The molecule has 2 aromatic heterocycles. The number of nitrogens with one attached hydrogen (secondary N) is 1. The number of aliphatic hydroxyl groups is 1. The van der Waals surface area contributed by atoms with Crippen molar-refractivity contribution >= 4 is 23.0 Å². The molecule has 4 rings (SSSR count). The van der Waals surface area contributed by atoms with Gasteiger partial charge >= 0.3 is 6.18 Å². The number of alkyl halides is 3. The number of nitrogens with zero attached hydrogens (tertiary/aromatic N) is 4. The molecule has 6 nitrogen and oxygen atoms in total. The van der Waals surface area contributed by atoms with Gasteiger partial charge in [-0.15, -0.1) is 11.3 Å². The van der Waals surface area contributed by atoms with Crippen LogP contribution >= 0.6 is 11.3 Å². The number of halogens is 3. The molecule has 3 aromatic rings. The van der Waals surface area contributed by atoms with Crippen molar-refractivity contribution < 1.29 is 18.3 Å². The Morgan fingerprint density at radius 2 is 1.88 bits per heavy atom. The lowest BCUT2D eigenvalue weighted by atomic mass is 9.75. The van der Waals surface area contributed by atoms with Gasteiger partial charge in [0.15, 0.2) is 0 Å². The highest BCUT2D eigenvalue weighted by molar-refractivity contribution is 7.15. The van der Waals surface area contributed by atoms with Crippen LogP contribution in [0, 0.1) is 30.1 Å². The summed E-state index contributed by atoms with van der Waals surface area (Å²) in [5.74, 6) is -0.0610. The summed E-state index contributed by atoms with van der Waals surface area (Å²) in [5, 5.41) is 23.9. The van der Waals surface area contributed by atoms with Gasteiger partial charge < -0.3 is 10.4 Å². The van der Waals surface area contributed by atoms with Crippen molar-refractivity contribution in [2.75, 3.05) is 5.32 Å². The fourth-order valence-electron chi connectivity index (χ4n) is 4.30. The van der Waals surface area contributed by atoms with Crippen LogP contribution in [0.2, 0.25) is 0 Å². The summed E-state index contributed by atoms with van der Waals surface area (Å²) in [5.41, 5.74) is 0.146. The minimum Gasteiger partial charge on any atom is -0.383 e. The number of anilines is 2. The highest BCUT2D eigenvalue weighted by Crippen LogP contribution is 2.43. The fourth-order valence-corrected chi connectivity index (χ4v) is 5.33. The third-order valence-electron chi connectivity index (χ3n) is 6.21. The fraction of sp³-hybridized carbons (Fsp3) is 0.417. The smallest absolute Gasteiger partial charge is 0.383 e. The number of aromatic nitrogens is 3. The van der Waals surface area contributed by atoms with Crippen LogP contribution < -0.4 is 5.32 Å². The predicted molar refractivity (Wildman–Crippen MR) is 123 cm³/mol. The molecule has 10 heteroatoms. The molecule has 0 aliphatic heterocycles. The lowest BCUT2D eigenvalue weighted by Crippen LogP contribution is -2.34. The topological polar surface area (TPSA) is 94.7 Å². The zero-order valence-corrected chi connectivity index (χ0v) is 19.5. The summed E-state index contributed by atoms with van der Waals surface area (Å²) in [6.45, 7) is 3.66. The molecule has 1 aromatic carbocycles. The van der Waals surface area contributed by atoms with Gasteiger partial charge in [0.1, 0.15) is 16.3 Å². The molecule has 0 radical (unpaired) electrons. The summed E-state index contributed by atoms with van der Waals surface area (Å²) in [6.07, 6.45) is 1.32. The predicted octanol–water partition coefficient (Wildman–Crippen LogP) is 6.21. The van der Waals surface area contributed by atoms with Gasteiger partial charge in [0.25, 0.3) is 0 Å². The van der Waals surface area contributed by atoms with E-state index in [4.69, 9.17) is 5.26 Å². The third kappa shape index (κ3) is 5.21. The third-order valence-corrected chi connectivity index (χ3v) is 7.48. The number of nitriles is 1. The van der Waals surface area contributed by atoms with Crippen LogP contribution in [0.1, 0.15) is 48.9 Å². The molecule has 2 N–H and O–H groups in total. The van der Waals surface area contributed by atoms with Gasteiger partial charge in [0.2, 0.25) is 5.95 Å². The number of rotatable bonds is 5. The van der Waals surface area contributed by atoms with Crippen molar-refractivity contribution in [3.8, 4) is 16.5 Å². The minimum absolute atomic E-state index is 0.0314. The maximum Gasteiger partial charge on any atom is 0.433 e. The van der Waals surface area contributed by atoms with Crippen molar-refractivity contribution in [3.63, 3.8) is 0 Å². The van der Waals surface area contributed by atoms with Gasteiger partial charge in [0, 0.05) is 24.0 Å². The van der Waals surface area contributed by atoms with E-state index >= 15 is 0 Å². The first-order valence-corrected chi connectivity index (χ1v) is 11.8. The largest absolute Gasteiger partial charge is 0.433 e. The molecule has 0 bridgehead atoms. The maximum absolute atomic E-state index is 13.0. The van der Waals surface area contributed by atoms with E-state index in [1.165, 1.54) is 11.3 Å². The molecular formula is C24H24F3N5OS. The molecule has 0 spiro atoms. The molecule has 1 aliphatic carbocycles. The van der Waals surface area contributed by atoms with Crippen molar-refractivity contribution in [1.82, 2.24) is 15.0 Å². The van der Waals surface area contributed by atoms with Crippen LogP contribution in [0.15, 0.2) is 36.7 Å². The van der Waals surface area contributed by atoms with Gasteiger partial charge in [-0.1, -0.05) is 6.07 Å². The monoisotopic (exact) mass is 487 g/mol. The van der Waals surface area contributed by atoms with Crippen LogP contribution in [-0.2, 0) is 11.8 Å². The second kappa shape index (κ2) is 9.31. The van der Waals surface area contributed by atoms with Gasteiger partial charge in [-0.2, -0.15) is 18.4 Å². The lowest BCUT2D eigenvalue weighted by Gasteiger charge is -2.35. The first kappa shape index (κ1) is 24.1. The maximum atomic E-state index is 13.0. The van der Waals surface area contributed by atoms with Crippen LogP contribution in [0.4, 0.5) is 24.8 Å². The lowest BCUT2D eigenvalue weighted by molar-refractivity contribution is -0.141. The summed E-state index contributed by atoms with van der Waals surface area (Å²) in [7, 11) is 0. The SMILES string of the molecule is Cc1cc(Nc2nccc(C(F)(F)F)n2)cc(-c2cnc(C(C)(O)C3CCC(C#N)CC3)s2)c1. The summed E-state index contributed by atoms with van der Waals surface area (Å²) < 4.78 is 38.9. The molecule has 0 saturated heterocycles. The molecule has 1 fully saturated rings. The van der Waals surface area contributed by atoms with E-state index in [-0.39, 0.29) is 17.8 Å². The number of hydrogen-bond acceptors (Lipinski definition) is 7. The van der Waals surface area contributed by atoms with E-state index in [1.807, 2.05) is 13.0 Å². The summed E-state index contributed by atoms with van der Waals surface area (Å²) in [4.78, 5) is 12.8. The number of aryl methyl sites for hydroxylation is 1. The molecule has 1 atom stereocenters. The van der Waals surface area contributed by atoms with Gasteiger partial charge in [0.05, 0.1) is 10.9 Å². The van der Waals surface area contributed by atoms with Crippen molar-refractivity contribution in [2.45, 2.75) is 51.3 Å². The molecule has 1 aliphatic rings. The highest BCUT2D eigenvalue weighted by atomic mass is 32.1. The van der Waals surface area contributed by atoms with E-state index < -0.39 is 17.5 Å². The Bertz CT molecular complexity index is 1210. The number of hydrogen-bond donors (Lipinski definition) is 2. The van der Waals surface area contributed by atoms with Crippen LogP contribution in [0.25, 0.3) is 10.4 Å². The second-order valence-corrected chi connectivity index (χ2v) is 9.86. The van der Waals surface area contributed by atoms with Crippen LogP contribution in [-0.4, -0.2) is 20.1 Å². The number of thiazole rings is 1. The molecule has 1 saturated carbocycles. The van der Waals surface area contributed by atoms with E-state index in [9.17, 15) is 18.3 Å². The zero-order chi connectivity index (χ0) is 24.5. The summed E-state index contributed by atoms with van der Waals surface area (Å²) in [6, 6.07) is 8.67. The quantitative estimate of drug-likeness (QED) is 0.444. The molecule has 2 heterocycles. The van der Waals surface area contributed by atoms with E-state index in [0.29, 0.717) is 10.7 Å². The Balaban J connectivity index is 1.56. The standard InChI is InChI=1S/C24H24F3N5OS/c1-14-9-16(11-18(10-14)31-22-29-8-7-20(32-22)24(25,26)27)19-13-30-21(34-19)23(2,33)17-5-3-15(12-28)4-6-17/h7-11,13,15,17,33H,3-6H2,1-2H3,(H,29,31,32). The average Bonchev–Trinajstić information content (AvgIpc) is 3.30. The molecule has 0 amide bonds. The Labute approximate surface area is 199 Å². The Kier molecular flexibility index (Phi) is 6.60. The van der Waals surface area contributed by atoms with Crippen LogP contribution in [0.5, 0.6) is 0 Å². The Morgan fingerprint density at radius 1 is 1.15 bits per heavy atom. The number of benzene rings is 1. The second-order valence-electron chi connectivity index (χ2n) is 8.83. The Morgan fingerprint density at radius 3 is 2.56 bits per heavy atom. The molecule has 1 unspecified atom stereocenters. The normalized spacial score (nSPS) is 20.4. The highest BCUT2D eigenvalue weighted by Gasteiger charge is 2.39. The molecule has 34 heavy (non-hydrogen) atoms. The zero-order valence-electron chi connectivity index (χ0n) is 18.7. The van der Waals surface area contributed by atoms with E-state index in [1.54, 1.807) is 25.3 Å². The average molecular weight is 488 g/mol. The molecular weight excluding hydrogens is 463 g/mol. The van der Waals surface area contributed by atoms with Gasteiger partial charge in [-0.05, 0) is 74.8 Å². The molecule has 178 valence electrons. The van der Waals surface area contributed by atoms with Crippen molar-refractivity contribution in [3.05, 3.63) is 52.9 Å². The minimum atomic E-state index is -4.55. The first-order chi connectivity index (χ1) is 16.1. The van der Waals surface area contributed by atoms with Crippen molar-refractivity contribution in [2.24, 2.45) is 11.8 Å². The van der Waals surface area contributed by atoms with Gasteiger partial charge in [-0.25, -0.2) is 15.0 Å². The first-order valence-electron chi connectivity index (χ1n) is 10.9. The van der Waals surface area contributed by atoms with E-state index in [0.717, 1.165) is 54.0 Å². The van der Waals surface area contributed by atoms with Crippen LogP contribution in [0.3, 0.4) is 0 Å².